The smallest absolute Gasteiger partial charge is 0.138 e. The molecule has 1 N–H and O–H groups in total. The SMILES string of the molecule is CC1(C)Oc2ccc(Cl)cc2C(N=C2CCC(=O)C2)C1(C)O. The van der Waals surface area contributed by atoms with Crippen molar-refractivity contribution in [3.63, 3.8) is 0 Å². The van der Waals surface area contributed by atoms with Crippen molar-refractivity contribution in [3.8, 4) is 5.75 Å². The van der Waals surface area contributed by atoms with E-state index in [4.69, 9.17) is 21.3 Å². The lowest BCUT2D eigenvalue weighted by Gasteiger charge is -2.48. The number of ketones is 1. The molecule has 0 saturated heterocycles. The van der Waals surface area contributed by atoms with E-state index in [1.165, 1.54) is 0 Å². The molecule has 2 aliphatic rings. The molecule has 1 aliphatic heterocycles. The van der Waals surface area contributed by atoms with E-state index in [1.54, 1.807) is 19.1 Å². The van der Waals surface area contributed by atoms with Gasteiger partial charge in [-0.25, -0.2) is 0 Å². The maximum atomic E-state index is 11.5. The summed E-state index contributed by atoms with van der Waals surface area (Å²) in [6.07, 6.45) is 1.59. The molecular formula is C17H20ClNO3. The van der Waals surface area contributed by atoms with Crippen molar-refractivity contribution in [2.45, 2.75) is 57.3 Å². The van der Waals surface area contributed by atoms with Crippen LogP contribution >= 0.6 is 11.6 Å². The van der Waals surface area contributed by atoms with E-state index >= 15 is 0 Å². The molecule has 1 saturated carbocycles. The third-order valence-corrected chi connectivity index (χ3v) is 5.02. The molecule has 1 aromatic carbocycles. The van der Waals surface area contributed by atoms with Crippen LogP contribution in [0.4, 0.5) is 0 Å². The summed E-state index contributed by atoms with van der Waals surface area (Å²) in [6.45, 7) is 5.41. The first-order valence-corrected chi connectivity index (χ1v) is 7.86. The van der Waals surface area contributed by atoms with Crippen LogP contribution in [0.2, 0.25) is 5.02 Å². The average Bonchev–Trinajstić information content (AvgIpc) is 2.82. The predicted molar refractivity (Wildman–Crippen MR) is 85.8 cm³/mol. The first-order chi connectivity index (χ1) is 10.2. The van der Waals surface area contributed by atoms with Gasteiger partial charge in [0.05, 0.1) is 0 Å². The zero-order valence-corrected chi connectivity index (χ0v) is 13.8. The van der Waals surface area contributed by atoms with Crippen LogP contribution in [-0.2, 0) is 4.79 Å². The maximum absolute atomic E-state index is 11.5. The number of carbonyl (C=O) groups is 1. The molecule has 2 atom stereocenters. The summed E-state index contributed by atoms with van der Waals surface area (Å²) in [6, 6.07) is 4.86. The summed E-state index contributed by atoms with van der Waals surface area (Å²) in [5.74, 6) is 0.885. The Bertz CT molecular complexity index is 664. The molecule has 0 bridgehead atoms. The Labute approximate surface area is 135 Å². The molecule has 118 valence electrons. The van der Waals surface area contributed by atoms with E-state index < -0.39 is 17.2 Å². The third kappa shape index (κ3) is 2.44. The molecular weight excluding hydrogens is 302 g/mol. The number of aliphatic imine (C=N–C) groups is 1. The highest BCUT2D eigenvalue weighted by Crippen LogP contribution is 2.49. The topological polar surface area (TPSA) is 58.9 Å². The number of carbonyl (C=O) groups excluding carboxylic acids is 1. The summed E-state index contributed by atoms with van der Waals surface area (Å²) in [7, 11) is 0. The van der Waals surface area contributed by atoms with Crippen molar-refractivity contribution in [1.82, 2.24) is 0 Å². The number of benzene rings is 1. The van der Waals surface area contributed by atoms with Crippen LogP contribution in [0.1, 0.15) is 51.6 Å². The van der Waals surface area contributed by atoms with Gasteiger partial charge in [0.2, 0.25) is 0 Å². The normalized spacial score (nSPS) is 32.0. The summed E-state index contributed by atoms with van der Waals surface area (Å²) < 4.78 is 5.96. The Morgan fingerprint density at radius 1 is 1.32 bits per heavy atom. The van der Waals surface area contributed by atoms with Crippen molar-refractivity contribution >= 4 is 23.1 Å². The monoisotopic (exact) mass is 321 g/mol. The largest absolute Gasteiger partial charge is 0.484 e. The molecule has 1 aliphatic carbocycles. The number of rotatable bonds is 1. The standard InChI is InChI=1S/C17H20ClNO3/c1-16(2)17(3,21)15(19-11-5-6-12(20)9-11)13-8-10(18)4-7-14(13)22-16/h4,7-8,15,21H,5-6,9H2,1-3H3. The Morgan fingerprint density at radius 3 is 2.68 bits per heavy atom. The Morgan fingerprint density at radius 2 is 2.05 bits per heavy atom. The number of halogens is 1. The highest BCUT2D eigenvalue weighted by atomic mass is 35.5. The minimum absolute atomic E-state index is 0.205. The van der Waals surface area contributed by atoms with Crippen molar-refractivity contribution in [2.75, 3.05) is 0 Å². The van der Waals surface area contributed by atoms with Gasteiger partial charge in [-0.15, -0.1) is 0 Å². The van der Waals surface area contributed by atoms with Gasteiger partial charge in [0, 0.05) is 29.1 Å². The van der Waals surface area contributed by atoms with Crippen LogP contribution in [-0.4, -0.2) is 27.8 Å². The Balaban J connectivity index is 2.12. The molecule has 2 unspecified atom stereocenters. The number of aliphatic hydroxyl groups is 1. The van der Waals surface area contributed by atoms with E-state index in [0.29, 0.717) is 30.0 Å². The van der Waals surface area contributed by atoms with Gasteiger partial charge >= 0.3 is 0 Å². The van der Waals surface area contributed by atoms with E-state index in [-0.39, 0.29) is 5.78 Å². The molecule has 22 heavy (non-hydrogen) atoms. The van der Waals surface area contributed by atoms with Crippen LogP contribution in [0.15, 0.2) is 23.2 Å². The van der Waals surface area contributed by atoms with Crippen LogP contribution in [0, 0.1) is 0 Å². The zero-order valence-electron chi connectivity index (χ0n) is 13.0. The van der Waals surface area contributed by atoms with Gasteiger partial charge in [0.1, 0.15) is 28.8 Å². The second-order valence-corrected chi connectivity index (χ2v) is 7.19. The average molecular weight is 322 g/mol. The summed E-state index contributed by atoms with van der Waals surface area (Å²) in [4.78, 5) is 16.2. The van der Waals surface area contributed by atoms with Crippen molar-refractivity contribution in [3.05, 3.63) is 28.8 Å². The van der Waals surface area contributed by atoms with E-state index in [9.17, 15) is 9.90 Å². The van der Waals surface area contributed by atoms with Crippen LogP contribution < -0.4 is 4.74 Å². The van der Waals surface area contributed by atoms with Crippen LogP contribution in [0.5, 0.6) is 5.75 Å². The number of Topliss-reactive ketones (excluding diaryl/α,β-unsaturated/α-hetero) is 1. The lowest BCUT2D eigenvalue weighted by molar-refractivity contribution is -0.131. The number of nitrogens with zero attached hydrogens (tertiary/aromatic N) is 1. The molecule has 0 spiro atoms. The number of hydrogen-bond donors (Lipinski definition) is 1. The van der Waals surface area contributed by atoms with Crippen molar-refractivity contribution in [2.24, 2.45) is 4.99 Å². The van der Waals surface area contributed by atoms with E-state index in [2.05, 4.69) is 0 Å². The summed E-state index contributed by atoms with van der Waals surface area (Å²) in [5.41, 5.74) is -0.392. The quantitative estimate of drug-likeness (QED) is 0.861. The molecule has 4 nitrogen and oxygen atoms in total. The van der Waals surface area contributed by atoms with Gasteiger partial charge in [-0.2, -0.15) is 0 Å². The lowest BCUT2D eigenvalue weighted by Crippen LogP contribution is -2.57. The maximum Gasteiger partial charge on any atom is 0.138 e. The Kier molecular flexibility index (Phi) is 3.57. The van der Waals surface area contributed by atoms with Gasteiger partial charge in [-0.1, -0.05) is 11.6 Å². The van der Waals surface area contributed by atoms with Gasteiger partial charge in [-0.05, 0) is 45.4 Å². The zero-order chi connectivity index (χ0) is 16.1. The highest BCUT2D eigenvalue weighted by molar-refractivity contribution is 6.30. The summed E-state index contributed by atoms with van der Waals surface area (Å²) >= 11 is 6.11. The fourth-order valence-electron chi connectivity index (χ4n) is 3.01. The number of fused-ring (bicyclic) bond motifs is 1. The van der Waals surface area contributed by atoms with Gasteiger partial charge in [-0.3, -0.25) is 9.79 Å². The number of ether oxygens (including phenoxy) is 1. The fourth-order valence-corrected chi connectivity index (χ4v) is 3.19. The highest BCUT2D eigenvalue weighted by Gasteiger charge is 2.53. The molecule has 3 rings (SSSR count). The van der Waals surface area contributed by atoms with Gasteiger partial charge in [0.25, 0.3) is 0 Å². The number of hydrogen-bond acceptors (Lipinski definition) is 4. The minimum atomic E-state index is -1.21. The third-order valence-electron chi connectivity index (χ3n) is 4.79. The fraction of sp³-hybridized carbons (Fsp3) is 0.529. The van der Waals surface area contributed by atoms with E-state index in [1.807, 2.05) is 19.9 Å². The molecule has 1 heterocycles. The lowest BCUT2D eigenvalue weighted by atomic mass is 9.75. The second kappa shape index (κ2) is 5.07. The first kappa shape index (κ1) is 15.5. The van der Waals surface area contributed by atoms with Gasteiger partial charge in [0.15, 0.2) is 0 Å². The van der Waals surface area contributed by atoms with Crippen LogP contribution in [0.25, 0.3) is 0 Å². The van der Waals surface area contributed by atoms with Crippen molar-refractivity contribution < 1.29 is 14.6 Å². The molecule has 0 amide bonds. The predicted octanol–water partition coefficient (Wildman–Crippen LogP) is 3.50. The second-order valence-electron chi connectivity index (χ2n) is 6.76. The molecule has 1 fully saturated rings. The Hall–Kier alpha value is -1.39. The molecule has 0 aromatic heterocycles. The van der Waals surface area contributed by atoms with Crippen molar-refractivity contribution in [1.29, 1.82) is 0 Å². The van der Waals surface area contributed by atoms with Crippen LogP contribution in [0.3, 0.4) is 0 Å². The molecule has 5 heteroatoms. The van der Waals surface area contributed by atoms with Gasteiger partial charge < -0.3 is 9.84 Å². The minimum Gasteiger partial charge on any atom is -0.484 e. The van der Waals surface area contributed by atoms with E-state index in [0.717, 1.165) is 11.3 Å². The first-order valence-electron chi connectivity index (χ1n) is 7.49. The molecule has 0 radical (unpaired) electrons. The molecule has 1 aromatic rings. The summed E-state index contributed by atoms with van der Waals surface area (Å²) in [5, 5.41) is 11.6.